The molecular formula is C23H21FN6O3. The van der Waals surface area contributed by atoms with Crippen molar-refractivity contribution in [2.75, 3.05) is 13.1 Å². The molecule has 0 saturated carbocycles. The highest BCUT2D eigenvalue weighted by molar-refractivity contribution is 5.92. The predicted molar refractivity (Wildman–Crippen MR) is 118 cm³/mol. The summed E-state index contributed by atoms with van der Waals surface area (Å²) < 4.78 is 14.6. The Morgan fingerprint density at radius 1 is 1.12 bits per heavy atom. The van der Waals surface area contributed by atoms with Crippen LogP contribution in [0.3, 0.4) is 0 Å². The lowest BCUT2D eigenvalue weighted by atomic mass is 9.90. The number of rotatable bonds is 4. The van der Waals surface area contributed by atoms with E-state index in [1.165, 1.54) is 22.9 Å². The fourth-order valence-electron chi connectivity index (χ4n) is 4.13. The van der Waals surface area contributed by atoms with Crippen molar-refractivity contribution in [2.24, 2.45) is 0 Å². The molecule has 0 bridgehead atoms. The van der Waals surface area contributed by atoms with Crippen molar-refractivity contribution in [2.45, 2.75) is 25.0 Å². The summed E-state index contributed by atoms with van der Waals surface area (Å²) in [5.74, 6) is -0.400. The molecule has 1 saturated heterocycles. The van der Waals surface area contributed by atoms with Crippen molar-refractivity contribution in [1.82, 2.24) is 29.6 Å². The van der Waals surface area contributed by atoms with E-state index < -0.39 is 11.4 Å². The molecule has 1 amide bonds. The van der Waals surface area contributed by atoms with E-state index in [4.69, 9.17) is 0 Å². The largest absolute Gasteiger partial charge is 0.388 e. The number of amides is 1. The number of carbonyl (C=O) groups excluding carboxylic acids is 1. The highest BCUT2D eigenvalue weighted by Crippen LogP contribution is 2.27. The number of fused-ring (bicyclic) bond motifs is 1. The van der Waals surface area contributed by atoms with Crippen LogP contribution >= 0.6 is 0 Å². The lowest BCUT2D eigenvalue weighted by molar-refractivity contribution is -0.0297. The molecule has 33 heavy (non-hydrogen) atoms. The molecule has 5 rings (SSSR count). The highest BCUT2D eigenvalue weighted by atomic mass is 19.1. The summed E-state index contributed by atoms with van der Waals surface area (Å²) in [5.41, 5.74) is -0.229. The first-order valence-electron chi connectivity index (χ1n) is 10.6. The number of hydrogen-bond donors (Lipinski definition) is 2. The minimum atomic E-state index is -1.21. The third-order valence-electron chi connectivity index (χ3n) is 5.98. The van der Waals surface area contributed by atoms with Crippen LogP contribution < -0.4 is 5.56 Å². The van der Waals surface area contributed by atoms with E-state index >= 15 is 0 Å². The van der Waals surface area contributed by atoms with Crippen LogP contribution in [0.1, 0.15) is 23.3 Å². The average molecular weight is 448 g/mol. The van der Waals surface area contributed by atoms with Gasteiger partial charge in [0.1, 0.15) is 22.7 Å². The lowest BCUT2D eigenvalue weighted by Crippen LogP contribution is -2.50. The average Bonchev–Trinajstić information content (AvgIpc) is 3.31. The van der Waals surface area contributed by atoms with Gasteiger partial charge in [0.25, 0.3) is 11.5 Å². The maximum Gasteiger partial charge on any atom is 0.272 e. The molecule has 0 atom stereocenters. The minimum Gasteiger partial charge on any atom is -0.388 e. The van der Waals surface area contributed by atoms with E-state index in [2.05, 4.69) is 20.2 Å². The Labute approximate surface area is 187 Å². The molecule has 1 aliphatic heterocycles. The normalized spacial score (nSPS) is 15.6. The van der Waals surface area contributed by atoms with E-state index in [1.54, 1.807) is 4.90 Å². The van der Waals surface area contributed by atoms with Crippen molar-refractivity contribution < 1.29 is 14.3 Å². The number of nitrogens with one attached hydrogen (secondary N) is 1. The number of carbonyl (C=O) groups is 1. The first-order chi connectivity index (χ1) is 15.9. The Bertz CT molecular complexity index is 1360. The van der Waals surface area contributed by atoms with Crippen molar-refractivity contribution >= 4 is 16.9 Å². The standard InChI is InChI=1S/C23H21FN6O3/c24-16-6-7-18(25-12-16)22(32)29-10-8-23(33,9-11-29)14-30-20(15-4-2-1-3-5-15)27-19-17(21(30)31)13-26-28-19/h1-7,12-13,33H,8-11,14H2,(H,26,28). The Morgan fingerprint density at radius 3 is 2.58 bits per heavy atom. The Balaban J connectivity index is 1.41. The minimum absolute atomic E-state index is 0.0288. The number of likely N-dealkylation sites (tertiary alicyclic amines) is 1. The summed E-state index contributed by atoms with van der Waals surface area (Å²) in [5, 5.41) is 18.3. The number of aliphatic hydroxyl groups is 1. The molecule has 4 aromatic rings. The van der Waals surface area contributed by atoms with E-state index in [9.17, 15) is 19.1 Å². The first-order valence-corrected chi connectivity index (χ1v) is 10.6. The van der Waals surface area contributed by atoms with Gasteiger partial charge < -0.3 is 10.0 Å². The maximum absolute atomic E-state index is 13.2. The first kappa shape index (κ1) is 21.0. The van der Waals surface area contributed by atoms with Gasteiger partial charge in [-0.1, -0.05) is 30.3 Å². The molecule has 168 valence electrons. The Morgan fingerprint density at radius 2 is 1.88 bits per heavy atom. The number of H-pyrrole nitrogens is 1. The quantitative estimate of drug-likeness (QED) is 0.493. The van der Waals surface area contributed by atoms with E-state index in [-0.39, 0.29) is 49.6 Å². The number of pyridine rings is 1. The van der Waals surface area contributed by atoms with Crippen LogP contribution in [-0.2, 0) is 6.54 Å². The Kier molecular flexibility index (Phi) is 5.21. The van der Waals surface area contributed by atoms with Crippen LogP contribution in [0, 0.1) is 5.82 Å². The molecule has 0 unspecified atom stereocenters. The van der Waals surface area contributed by atoms with Gasteiger partial charge in [-0.05, 0) is 25.0 Å². The van der Waals surface area contributed by atoms with Gasteiger partial charge in [-0.3, -0.25) is 19.3 Å². The van der Waals surface area contributed by atoms with Gasteiger partial charge in [-0.25, -0.2) is 14.4 Å². The molecule has 3 aromatic heterocycles. The Hall–Kier alpha value is -3.92. The van der Waals surface area contributed by atoms with Crippen LogP contribution in [0.2, 0.25) is 0 Å². The summed E-state index contributed by atoms with van der Waals surface area (Å²) in [7, 11) is 0. The molecular weight excluding hydrogens is 427 g/mol. The van der Waals surface area contributed by atoms with E-state index in [0.717, 1.165) is 11.8 Å². The molecule has 2 N–H and O–H groups in total. The lowest BCUT2D eigenvalue weighted by Gasteiger charge is -2.38. The van der Waals surface area contributed by atoms with Gasteiger partial charge in [0.15, 0.2) is 5.65 Å². The predicted octanol–water partition coefficient (Wildman–Crippen LogP) is 1.99. The van der Waals surface area contributed by atoms with Crippen molar-refractivity contribution in [1.29, 1.82) is 0 Å². The second-order valence-corrected chi connectivity index (χ2v) is 8.20. The van der Waals surface area contributed by atoms with Gasteiger partial charge in [-0.2, -0.15) is 5.10 Å². The number of halogens is 1. The molecule has 0 radical (unpaired) electrons. The van der Waals surface area contributed by atoms with Crippen LogP contribution in [-0.4, -0.2) is 59.3 Å². The van der Waals surface area contributed by atoms with Crippen LogP contribution in [0.15, 0.2) is 59.7 Å². The molecule has 1 fully saturated rings. The van der Waals surface area contributed by atoms with Gasteiger partial charge in [-0.15, -0.1) is 0 Å². The SMILES string of the molecule is O=C(c1ccc(F)cn1)N1CCC(O)(Cn2c(-c3ccccc3)nc3[nH]ncc3c2=O)CC1. The second kappa shape index (κ2) is 8.21. The number of hydrogen-bond acceptors (Lipinski definition) is 6. The van der Waals surface area contributed by atoms with Crippen molar-refractivity contribution in [3.8, 4) is 11.4 Å². The smallest absolute Gasteiger partial charge is 0.272 e. The summed E-state index contributed by atoms with van der Waals surface area (Å²) in [6, 6.07) is 11.8. The zero-order chi connectivity index (χ0) is 23.0. The monoisotopic (exact) mass is 448 g/mol. The number of aromatic nitrogens is 5. The van der Waals surface area contributed by atoms with E-state index in [0.29, 0.717) is 16.9 Å². The van der Waals surface area contributed by atoms with Crippen molar-refractivity contribution in [3.63, 3.8) is 0 Å². The van der Waals surface area contributed by atoms with Crippen LogP contribution in [0.4, 0.5) is 4.39 Å². The highest BCUT2D eigenvalue weighted by Gasteiger charge is 2.36. The molecule has 4 heterocycles. The number of piperidine rings is 1. The summed E-state index contributed by atoms with van der Waals surface area (Å²) in [6.45, 7) is 0.595. The number of nitrogens with zero attached hydrogens (tertiary/aromatic N) is 5. The van der Waals surface area contributed by atoms with Gasteiger partial charge >= 0.3 is 0 Å². The molecule has 1 aliphatic rings. The molecule has 0 spiro atoms. The summed E-state index contributed by atoms with van der Waals surface area (Å²) >= 11 is 0. The van der Waals surface area contributed by atoms with Gasteiger partial charge in [0.2, 0.25) is 0 Å². The third kappa shape index (κ3) is 4.00. The van der Waals surface area contributed by atoms with Crippen LogP contribution in [0.25, 0.3) is 22.4 Å². The van der Waals surface area contributed by atoms with E-state index in [1.807, 2.05) is 30.3 Å². The summed E-state index contributed by atoms with van der Waals surface area (Å²) in [6.07, 6.45) is 2.97. The summed E-state index contributed by atoms with van der Waals surface area (Å²) in [4.78, 5) is 35.9. The number of benzene rings is 1. The fourth-order valence-corrected chi connectivity index (χ4v) is 4.13. The third-order valence-corrected chi connectivity index (χ3v) is 5.98. The van der Waals surface area contributed by atoms with Gasteiger partial charge in [0.05, 0.1) is 24.5 Å². The zero-order valence-corrected chi connectivity index (χ0v) is 17.6. The topological polar surface area (TPSA) is 117 Å². The molecule has 0 aliphatic carbocycles. The molecule has 9 nitrogen and oxygen atoms in total. The van der Waals surface area contributed by atoms with Crippen molar-refractivity contribution in [3.05, 3.63) is 76.7 Å². The number of aromatic amines is 1. The molecule has 10 heteroatoms. The molecule has 1 aromatic carbocycles. The maximum atomic E-state index is 13.2. The zero-order valence-electron chi connectivity index (χ0n) is 17.6. The van der Waals surface area contributed by atoms with Crippen LogP contribution in [0.5, 0.6) is 0 Å². The fraction of sp³-hybridized carbons (Fsp3) is 0.261. The van der Waals surface area contributed by atoms with Gasteiger partial charge in [0, 0.05) is 18.7 Å². The second-order valence-electron chi connectivity index (χ2n) is 8.20.